The van der Waals surface area contributed by atoms with Crippen molar-refractivity contribution >= 4 is 17.5 Å². The average Bonchev–Trinajstić information content (AvgIpc) is 3.37. The van der Waals surface area contributed by atoms with E-state index >= 15 is 0 Å². The molecular formula is C24H24N2O6. The SMILES string of the molecule is CCN(Cc1cccc2c1OCCO2)C(=O)COc1cccc(NC(=O)c2ccco2)c1. The lowest BCUT2D eigenvalue weighted by molar-refractivity contribution is -0.133. The molecule has 1 aliphatic heterocycles. The van der Waals surface area contributed by atoms with Crippen LogP contribution in [0, 0.1) is 0 Å². The number of nitrogens with zero attached hydrogens (tertiary/aromatic N) is 1. The minimum atomic E-state index is -0.363. The number of fused-ring (bicyclic) bond motifs is 1. The Morgan fingerprint density at radius 3 is 2.72 bits per heavy atom. The average molecular weight is 436 g/mol. The van der Waals surface area contributed by atoms with Crippen LogP contribution in [0.15, 0.2) is 65.3 Å². The number of hydrogen-bond acceptors (Lipinski definition) is 6. The van der Waals surface area contributed by atoms with Gasteiger partial charge in [0.2, 0.25) is 0 Å². The topological polar surface area (TPSA) is 90.2 Å². The fourth-order valence-corrected chi connectivity index (χ4v) is 3.34. The molecule has 0 fully saturated rings. The standard InChI is InChI=1S/C24H24N2O6/c1-2-26(15-17-6-3-9-20-23(17)31-13-12-30-20)22(27)16-32-19-8-4-7-18(14-19)25-24(28)21-10-5-11-29-21/h3-11,14H,2,12-13,15-16H2,1H3,(H,25,28). The van der Waals surface area contributed by atoms with E-state index in [1.54, 1.807) is 41.3 Å². The first-order valence-corrected chi connectivity index (χ1v) is 10.4. The lowest BCUT2D eigenvalue weighted by Crippen LogP contribution is -2.34. The Hall–Kier alpha value is -3.94. The van der Waals surface area contributed by atoms with E-state index < -0.39 is 0 Å². The first-order chi connectivity index (χ1) is 15.6. The normalized spacial score (nSPS) is 12.2. The molecule has 2 amide bonds. The summed E-state index contributed by atoms with van der Waals surface area (Å²) in [6, 6.07) is 15.7. The number of nitrogens with one attached hydrogen (secondary N) is 1. The molecule has 1 N–H and O–H groups in total. The number of furan rings is 1. The van der Waals surface area contributed by atoms with Crippen molar-refractivity contribution in [2.45, 2.75) is 13.5 Å². The third-order valence-corrected chi connectivity index (χ3v) is 4.94. The Morgan fingerprint density at radius 2 is 1.91 bits per heavy atom. The Balaban J connectivity index is 1.36. The number of anilines is 1. The lowest BCUT2D eigenvalue weighted by Gasteiger charge is -2.25. The molecule has 0 saturated heterocycles. The van der Waals surface area contributed by atoms with Crippen molar-refractivity contribution in [1.82, 2.24) is 4.90 Å². The fourth-order valence-electron chi connectivity index (χ4n) is 3.34. The highest BCUT2D eigenvalue weighted by molar-refractivity contribution is 6.02. The minimum Gasteiger partial charge on any atom is -0.486 e. The van der Waals surface area contributed by atoms with Crippen LogP contribution in [-0.2, 0) is 11.3 Å². The smallest absolute Gasteiger partial charge is 0.291 e. The van der Waals surface area contributed by atoms with Gasteiger partial charge in [-0.05, 0) is 37.3 Å². The predicted octanol–water partition coefficient (Wildman–Crippen LogP) is 3.73. The van der Waals surface area contributed by atoms with Crippen LogP contribution in [0.2, 0.25) is 0 Å². The second-order valence-electron chi connectivity index (χ2n) is 7.10. The number of carbonyl (C=O) groups is 2. The summed E-state index contributed by atoms with van der Waals surface area (Å²) in [5.74, 6) is 1.54. The molecule has 1 aromatic heterocycles. The van der Waals surface area contributed by atoms with Gasteiger partial charge in [0.05, 0.1) is 6.26 Å². The zero-order chi connectivity index (χ0) is 22.3. The van der Waals surface area contributed by atoms with Gasteiger partial charge in [-0.2, -0.15) is 0 Å². The second-order valence-corrected chi connectivity index (χ2v) is 7.10. The Kier molecular flexibility index (Phi) is 6.60. The highest BCUT2D eigenvalue weighted by Gasteiger charge is 2.20. The summed E-state index contributed by atoms with van der Waals surface area (Å²) < 4.78 is 22.1. The van der Waals surface area contributed by atoms with Crippen molar-refractivity contribution in [1.29, 1.82) is 0 Å². The van der Waals surface area contributed by atoms with Crippen LogP contribution in [0.4, 0.5) is 5.69 Å². The van der Waals surface area contributed by atoms with Gasteiger partial charge in [0.25, 0.3) is 11.8 Å². The van der Waals surface area contributed by atoms with Crippen molar-refractivity contribution in [3.05, 3.63) is 72.2 Å². The molecule has 0 atom stereocenters. The number of amides is 2. The molecule has 0 bridgehead atoms. The van der Waals surface area contributed by atoms with Crippen LogP contribution in [0.25, 0.3) is 0 Å². The number of hydrogen-bond donors (Lipinski definition) is 1. The summed E-state index contributed by atoms with van der Waals surface area (Å²) in [7, 11) is 0. The third kappa shape index (κ3) is 5.03. The monoisotopic (exact) mass is 436 g/mol. The quantitative estimate of drug-likeness (QED) is 0.579. The van der Waals surface area contributed by atoms with Crippen LogP contribution in [0.1, 0.15) is 23.0 Å². The molecule has 1 aliphatic rings. The summed E-state index contributed by atoms with van der Waals surface area (Å²) in [4.78, 5) is 26.6. The molecule has 8 nitrogen and oxygen atoms in total. The van der Waals surface area contributed by atoms with Gasteiger partial charge >= 0.3 is 0 Å². The summed E-state index contributed by atoms with van der Waals surface area (Å²) >= 11 is 0. The fraction of sp³-hybridized carbons (Fsp3) is 0.250. The van der Waals surface area contributed by atoms with Crippen molar-refractivity contribution in [3.63, 3.8) is 0 Å². The first kappa shape index (κ1) is 21.3. The summed E-state index contributed by atoms with van der Waals surface area (Å²) in [5.41, 5.74) is 1.43. The van der Waals surface area contributed by atoms with Crippen LogP contribution >= 0.6 is 0 Å². The Bertz CT molecular complexity index is 1080. The van der Waals surface area contributed by atoms with Crippen molar-refractivity contribution in [2.75, 3.05) is 31.7 Å². The number of ether oxygens (including phenoxy) is 3. The molecule has 32 heavy (non-hydrogen) atoms. The Labute approximate surface area is 185 Å². The molecular weight excluding hydrogens is 412 g/mol. The highest BCUT2D eigenvalue weighted by Crippen LogP contribution is 2.34. The largest absolute Gasteiger partial charge is 0.486 e. The van der Waals surface area contributed by atoms with E-state index in [0.29, 0.717) is 49.2 Å². The molecule has 8 heteroatoms. The number of benzene rings is 2. The zero-order valence-electron chi connectivity index (χ0n) is 17.7. The second kappa shape index (κ2) is 9.91. The molecule has 3 aromatic rings. The van der Waals surface area contributed by atoms with Gasteiger partial charge in [0, 0.05) is 30.4 Å². The third-order valence-electron chi connectivity index (χ3n) is 4.94. The van der Waals surface area contributed by atoms with Gasteiger partial charge < -0.3 is 28.8 Å². The molecule has 2 heterocycles. The molecule has 0 spiro atoms. The zero-order valence-corrected chi connectivity index (χ0v) is 17.7. The number of rotatable bonds is 8. The molecule has 0 unspecified atom stereocenters. The van der Waals surface area contributed by atoms with E-state index in [0.717, 1.165) is 5.56 Å². The number of likely N-dealkylation sites (N-methyl/N-ethyl adjacent to an activating group) is 1. The maximum absolute atomic E-state index is 12.8. The van der Waals surface area contributed by atoms with Crippen molar-refractivity contribution in [3.8, 4) is 17.2 Å². The Morgan fingerprint density at radius 1 is 1.06 bits per heavy atom. The van der Waals surface area contributed by atoms with Crippen LogP contribution in [0.5, 0.6) is 17.2 Å². The number of carbonyl (C=O) groups excluding carboxylic acids is 2. The minimum absolute atomic E-state index is 0.129. The summed E-state index contributed by atoms with van der Waals surface area (Å²) in [5, 5.41) is 2.73. The van der Waals surface area contributed by atoms with E-state index in [1.807, 2.05) is 25.1 Å². The van der Waals surface area contributed by atoms with Gasteiger partial charge in [-0.3, -0.25) is 9.59 Å². The summed E-state index contributed by atoms with van der Waals surface area (Å²) in [6.07, 6.45) is 1.43. The number of para-hydroxylation sites is 1. The van der Waals surface area contributed by atoms with Gasteiger partial charge in [0.1, 0.15) is 19.0 Å². The van der Waals surface area contributed by atoms with E-state index in [-0.39, 0.29) is 24.2 Å². The van der Waals surface area contributed by atoms with E-state index in [9.17, 15) is 9.59 Å². The first-order valence-electron chi connectivity index (χ1n) is 10.4. The van der Waals surface area contributed by atoms with Gasteiger partial charge in [-0.1, -0.05) is 18.2 Å². The van der Waals surface area contributed by atoms with Crippen LogP contribution in [-0.4, -0.2) is 43.1 Å². The van der Waals surface area contributed by atoms with Crippen LogP contribution in [0.3, 0.4) is 0 Å². The van der Waals surface area contributed by atoms with Gasteiger partial charge in [-0.15, -0.1) is 0 Å². The van der Waals surface area contributed by atoms with Gasteiger partial charge in [0.15, 0.2) is 23.9 Å². The molecule has 166 valence electrons. The lowest BCUT2D eigenvalue weighted by atomic mass is 10.1. The maximum Gasteiger partial charge on any atom is 0.291 e. The molecule has 4 rings (SSSR count). The summed E-state index contributed by atoms with van der Waals surface area (Å²) in [6.45, 7) is 3.70. The van der Waals surface area contributed by atoms with E-state index in [4.69, 9.17) is 18.6 Å². The maximum atomic E-state index is 12.8. The molecule has 0 saturated carbocycles. The van der Waals surface area contributed by atoms with Crippen molar-refractivity contribution < 1.29 is 28.2 Å². The van der Waals surface area contributed by atoms with Crippen LogP contribution < -0.4 is 19.5 Å². The molecule has 2 aromatic carbocycles. The van der Waals surface area contributed by atoms with Gasteiger partial charge in [-0.25, -0.2) is 0 Å². The van der Waals surface area contributed by atoms with E-state index in [2.05, 4.69) is 5.32 Å². The molecule has 0 radical (unpaired) electrons. The predicted molar refractivity (Wildman–Crippen MR) is 117 cm³/mol. The van der Waals surface area contributed by atoms with E-state index in [1.165, 1.54) is 6.26 Å². The molecule has 0 aliphatic carbocycles. The highest BCUT2D eigenvalue weighted by atomic mass is 16.6. The van der Waals surface area contributed by atoms with Crippen molar-refractivity contribution in [2.24, 2.45) is 0 Å².